The van der Waals surface area contributed by atoms with E-state index in [1.54, 1.807) is 24.3 Å². The van der Waals surface area contributed by atoms with Gasteiger partial charge in [0.2, 0.25) is 0 Å². The minimum Gasteiger partial charge on any atom is -0.494 e. The lowest BCUT2D eigenvalue weighted by Crippen LogP contribution is -2.30. The van der Waals surface area contributed by atoms with Gasteiger partial charge in [-0.3, -0.25) is 9.69 Å². The summed E-state index contributed by atoms with van der Waals surface area (Å²) in [6.45, 7) is 2.80. The number of amides is 1. The number of hydrogen-bond donors (Lipinski definition) is 1. The number of nitrogens with one attached hydrogen (secondary N) is 1. The zero-order valence-electron chi connectivity index (χ0n) is 16.3. The second-order valence-electron chi connectivity index (χ2n) is 6.46. The van der Waals surface area contributed by atoms with Crippen LogP contribution in [-0.4, -0.2) is 17.6 Å². The number of carbonyl (C=O) groups excluding carboxylic acids is 1. The molecule has 0 bridgehead atoms. The molecular weight excluding hydrogens is 400 g/mol. The quantitative estimate of drug-likeness (QED) is 0.448. The van der Waals surface area contributed by atoms with Crippen LogP contribution in [0.3, 0.4) is 0 Å². The SMILES string of the molecule is CCOc1ccc(N2C(=O)/C(=C\c3ccc(COc4ccccc4)o3)NC2=S)cc1. The average molecular weight is 420 g/mol. The fourth-order valence-corrected chi connectivity index (χ4v) is 3.29. The topological polar surface area (TPSA) is 63.9 Å². The van der Waals surface area contributed by atoms with Gasteiger partial charge >= 0.3 is 0 Å². The molecule has 2 aromatic carbocycles. The molecule has 4 rings (SSSR count). The van der Waals surface area contributed by atoms with Gasteiger partial charge in [0.05, 0.1) is 12.3 Å². The largest absolute Gasteiger partial charge is 0.494 e. The zero-order valence-corrected chi connectivity index (χ0v) is 17.1. The van der Waals surface area contributed by atoms with Crippen LogP contribution in [0.15, 0.2) is 76.8 Å². The first kappa shape index (κ1) is 19.7. The van der Waals surface area contributed by atoms with Crippen molar-refractivity contribution in [3.63, 3.8) is 0 Å². The maximum Gasteiger partial charge on any atom is 0.281 e. The van der Waals surface area contributed by atoms with Gasteiger partial charge in [0, 0.05) is 6.08 Å². The number of ether oxygens (including phenoxy) is 2. The van der Waals surface area contributed by atoms with Gasteiger partial charge in [0.1, 0.15) is 35.3 Å². The molecule has 30 heavy (non-hydrogen) atoms. The van der Waals surface area contributed by atoms with E-state index < -0.39 is 0 Å². The Morgan fingerprint density at radius 2 is 1.73 bits per heavy atom. The lowest BCUT2D eigenvalue weighted by Gasteiger charge is -2.14. The van der Waals surface area contributed by atoms with Crippen LogP contribution in [0.4, 0.5) is 5.69 Å². The molecule has 2 heterocycles. The van der Waals surface area contributed by atoms with E-state index in [0.29, 0.717) is 41.2 Å². The normalized spacial score (nSPS) is 14.8. The molecular formula is C23H20N2O4S. The van der Waals surface area contributed by atoms with Crippen molar-refractivity contribution >= 4 is 35.0 Å². The highest BCUT2D eigenvalue weighted by Crippen LogP contribution is 2.25. The second kappa shape index (κ2) is 8.84. The molecule has 1 aromatic heterocycles. The molecule has 1 aliphatic heterocycles. The van der Waals surface area contributed by atoms with Crippen LogP contribution in [0.2, 0.25) is 0 Å². The van der Waals surface area contributed by atoms with Crippen molar-refractivity contribution in [3.8, 4) is 11.5 Å². The number of carbonyl (C=O) groups is 1. The third-order valence-electron chi connectivity index (χ3n) is 4.38. The van der Waals surface area contributed by atoms with E-state index in [9.17, 15) is 4.79 Å². The molecule has 7 heteroatoms. The maximum absolute atomic E-state index is 12.9. The summed E-state index contributed by atoms with van der Waals surface area (Å²) in [5, 5.41) is 3.27. The second-order valence-corrected chi connectivity index (χ2v) is 6.85. The van der Waals surface area contributed by atoms with E-state index in [-0.39, 0.29) is 5.91 Å². The number of thiocarbonyl (C=S) groups is 1. The molecule has 1 amide bonds. The van der Waals surface area contributed by atoms with Crippen LogP contribution < -0.4 is 19.7 Å². The summed E-state index contributed by atoms with van der Waals surface area (Å²) in [7, 11) is 0. The fourth-order valence-electron chi connectivity index (χ4n) is 2.99. The minimum atomic E-state index is -0.248. The molecule has 0 atom stereocenters. The third-order valence-corrected chi connectivity index (χ3v) is 4.66. The van der Waals surface area contributed by atoms with E-state index in [2.05, 4.69) is 5.32 Å². The van der Waals surface area contributed by atoms with Gasteiger partial charge in [0.25, 0.3) is 5.91 Å². The molecule has 0 radical (unpaired) electrons. The Kier molecular flexibility index (Phi) is 5.81. The summed E-state index contributed by atoms with van der Waals surface area (Å²) in [6, 6.07) is 20.3. The maximum atomic E-state index is 12.9. The Balaban J connectivity index is 1.45. The Labute approximate surface area is 179 Å². The zero-order chi connectivity index (χ0) is 20.9. The molecule has 6 nitrogen and oxygen atoms in total. The average Bonchev–Trinajstić information content (AvgIpc) is 3.32. The molecule has 152 valence electrons. The molecule has 0 saturated carbocycles. The van der Waals surface area contributed by atoms with Gasteiger partial charge in [-0.1, -0.05) is 18.2 Å². The first-order valence-electron chi connectivity index (χ1n) is 9.50. The van der Waals surface area contributed by atoms with Gasteiger partial charge in [-0.05, 0) is 67.7 Å². The third kappa shape index (κ3) is 4.36. The molecule has 1 aliphatic rings. The summed E-state index contributed by atoms with van der Waals surface area (Å²) in [4.78, 5) is 14.3. The van der Waals surface area contributed by atoms with Gasteiger partial charge in [-0.2, -0.15) is 0 Å². The van der Waals surface area contributed by atoms with E-state index in [1.807, 2.05) is 55.5 Å². The molecule has 1 fully saturated rings. The highest BCUT2D eigenvalue weighted by Gasteiger charge is 2.32. The lowest BCUT2D eigenvalue weighted by atomic mass is 10.2. The molecule has 3 aromatic rings. The van der Waals surface area contributed by atoms with Crippen molar-refractivity contribution in [2.24, 2.45) is 0 Å². The standard InChI is InChI=1S/C23H20N2O4S/c1-2-27-18-10-8-16(9-11-18)25-22(26)21(24-23(25)30)14-19-12-13-20(29-19)15-28-17-6-4-3-5-7-17/h3-14H,2,15H2,1H3,(H,24,30)/b21-14+. The molecule has 0 unspecified atom stereocenters. The number of benzene rings is 2. The fraction of sp³-hybridized carbons (Fsp3) is 0.130. The predicted molar refractivity (Wildman–Crippen MR) is 118 cm³/mol. The number of rotatable bonds is 7. The minimum absolute atomic E-state index is 0.248. The van der Waals surface area contributed by atoms with Crippen molar-refractivity contribution in [2.45, 2.75) is 13.5 Å². The number of furan rings is 1. The summed E-state index contributed by atoms with van der Waals surface area (Å²) in [5.41, 5.74) is 1.01. The molecule has 0 aliphatic carbocycles. The van der Waals surface area contributed by atoms with Crippen LogP contribution in [0, 0.1) is 0 Å². The highest BCUT2D eigenvalue weighted by atomic mass is 32.1. The summed E-state index contributed by atoms with van der Waals surface area (Å²) >= 11 is 5.35. The first-order valence-corrected chi connectivity index (χ1v) is 9.91. The Bertz CT molecular complexity index is 1070. The molecule has 1 saturated heterocycles. The van der Waals surface area contributed by atoms with Crippen molar-refractivity contribution in [1.29, 1.82) is 0 Å². The summed E-state index contributed by atoms with van der Waals surface area (Å²) in [5.74, 6) is 2.44. The van der Waals surface area contributed by atoms with Crippen molar-refractivity contribution in [3.05, 3.63) is 83.9 Å². The van der Waals surface area contributed by atoms with E-state index in [4.69, 9.17) is 26.1 Å². The smallest absolute Gasteiger partial charge is 0.281 e. The van der Waals surface area contributed by atoms with Crippen molar-refractivity contribution in [2.75, 3.05) is 11.5 Å². The van der Waals surface area contributed by atoms with E-state index in [0.717, 1.165) is 11.5 Å². The highest BCUT2D eigenvalue weighted by molar-refractivity contribution is 7.80. The van der Waals surface area contributed by atoms with Gasteiger partial charge in [0.15, 0.2) is 5.11 Å². The van der Waals surface area contributed by atoms with Crippen molar-refractivity contribution in [1.82, 2.24) is 5.32 Å². The predicted octanol–water partition coefficient (Wildman–Crippen LogP) is 4.52. The van der Waals surface area contributed by atoms with Crippen molar-refractivity contribution < 1.29 is 18.7 Å². The number of para-hydroxylation sites is 1. The van der Waals surface area contributed by atoms with Crippen LogP contribution in [0.5, 0.6) is 11.5 Å². The monoisotopic (exact) mass is 420 g/mol. The van der Waals surface area contributed by atoms with Crippen LogP contribution >= 0.6 is 12.2 Å². The number of anilines is 1. The number of hydrogen-bond acceptors (Lipinski definition) is 5. The Hall–Kier alpha value is -3.58. The first-order chi connectivity index (χ1) is 14.6. The lowest BCUT2D eigenvalue weighted by molar-refractivity contribution is -0.113. The van der Waals surface area contributed by atoms with Crippen LogP contribution in [0.25, 0.3) is 6.08 Å². The number of nitrogens with zero attached hydrogens (tertiary/aromatic N) is 1. The van der Waals surface area contributed by atoms with Gasteiger partial charge < -0.3 is 19.2 Å². The summed E-state index contributed by atoms with van der Waals surface area (Å²) < 4.78 is 16.9. The van der Waals surface area contributed by atoms with Gasteiger partial charge in [-0.25, -0.2) is 0 Å². The van der Waals surface area contributed by atoms with E-state index in [1.165, 1.54) is 4.90 Å². The van der Waals surface area contributed by atoms with E-state index >= 15 is 0 Å². The summed E-state index contributed by atoms with van der Waals surface area (Å²) in [6.07, 6.45) is 1.63. The molecule has 1 N–H and O–H groups in total. The Morgan fingerprint density at radius 1 is 1.00 bits per heavy atom. The Morgan fingerprint density at radius 3 is 2.47 bits per heavy atom. The molecule has 0 spiro atoms. The van der Waals surface area contributed by atoms with Crippen LogP contribution in [0.1, 0.15) is 18.4 Å². The van der Waals surface area contributed by atoms with Crippen LogP contribution in [-0.2, 0) is 11.4 Å². The van der Waals surface area contributed by atoms with Gasteiger partial charge in [-0.15, -0.1) is 0 Å².